The van der Waals surface area contributed by atoms with Crippen LogP contribution in [0.5, 0.6) is 0 Å². The van der Waals surface area contributed by atoms with Crippen molar-refractivity contribution in [3.05, 3.63) is 40.5 Å². The standard InChI is InChI=1S/C15H19BrN4/c1-10(2)9-17-14-8-11(3)18-15(20-14)19-13-7-5-4-6-12(13)16/h4-8,10H,9H2,1-3H3,(H2,17,18,19,20). The number of benzene rings is 1. The second-order valence-electron chi connectivity index (χ2n) is 5.10. The van der Waals surface area contributed by atoms with E-state index in [9.17, 15) is 0 Å². The van der Waals surface area contributed by atoms with Gasteiger partial charge in [-0.05, 0) is 40.9 Å². The van der Waals surface area contributed by atoms with Crippen molar-refractivity contribution in [3.63, 3.8) is 0 Å². The van der Waals surface area contributed by atoms with E-state index in [2.05, 4.69) is 50.4 Å². The van der Waals surface area contributed by atoms with Gasteiger partial charge >= 0.3 is 0 Å². The predicted molar refractivity (Wildman–Crippen MR) is 87.5 cm³/mol. The molecular weight excluding hydrogens is 316 g/mol. The van der Waals surface area contributed by atoms with Crippen LogP contribution in [0.15, 0.2) is 34.8 Å². The van der Waals surface area contributed by atoms with E-state index in [4.69, 9.17) is 0 Å². The van der Waals surface area contributed by atoms with E-state index in [0.717, 1.165) is 28.2 Å². The summed E-state index contributed by atoms with van der Waals surface area (Å²) >= 11 is 3.51. The molecular formula is C15H19BrN4. The Morgan fingerprint density at radius 3 is 2.65 bits per heavy atom. The molecule has 2 N–H and O–H groups in total. The third-order valence-electron chi connectivity index (χ3n) is 2.67. The topological polar surface area (TPSA) is 49.8 Å². The zero-order valence-electron chi connectivity index (χ0n) is 11.9. The van der Waals surface area contributed by atoms with Crippen LogP contribution in [0.3, 0.4) is 0 Å². The highest BCUT2D eigenvalue weighted by molar-refractivity contribution is 9.10. The maximum atomic E-state index is 4.49. The number of hydrogen-bond acceptors (Lipinski definition) is 4. The Labute approximate surface area is 128 Å². The average molecular weight is 335 g/mol. The third kappa shape index (κ3) is 4.20. The zero-order valence-corrected chi connectivity index (χ0v) is 13.5. The molecule has 5 heteroatoms. The Morgan fingerprint density at radius 2 is 1.95 bits per heavy atom. The lowest BCUT2D eigenvalue weighted by Gasteiger charge is -2.12. The number of halogens is 1. The van der Waals surface area contributed by atoms with Crippen molar-refractivity contribution in [2.24, 2.45) is 5.92 Å². The summed E-state index contributed by atoms with van der Waals surface area (Å²) < 4.78 is 0.988. The van der Waals surface area contributed by atoms with Gasteiger partial charge in [0.1, 0.15) is 5.82 Å². The molecule has 1 heterocycles. The lowest BCUT2D eigenvalue weighted by Crippen LogP contribution is -2.10. The lowest BCUT2D eigenvalue weighted by molar-refractivity contribution is 0.687. The van der Waals surface area contributed by atoms with Gasteiger partial charge in [-0.3, -0.25) is 0 Å². The van der Waals surface area contributed by atoms with Gasteiger partial charge < -0.3 is 10.6 Å². The number of rotatable bonds is 5. The molecule has 2 rings (SSSR count). The molecule has 0 spiro atoms. The molecule has 0 radical (unpaired) electrons. The van der Waals surface area contributed by atoms with Crippen molar-refractivity contribution in [2.45, 2.75) is 20.8 Å². The largest absolute Gasteiger partial charge is 0.370 e. The molecule has 20 heavy (non-hydrogen) atoms. The van der Waals surface area contributed by atoms with Crippen LogP contribution in [0, 0.1) is 12.8 Å². The van der Waals surface area contributed by atoms with Gasteiger partial charge in [0.05, 0.1) is 5.69 Å². The normalized spacial score (nSPS) is 10.7. The summed E-state index contributed by atoms with van der Waals surface area (Å²) in [4.78, 5) is 8.90. The van der Waals surface area contributed by atoms with Crippen LogP contribution in [0.2, 0.25) is 0 Å². The second-order valence-corrected chi connectivity index (χ2v) is 5.95. The van der Waals surface area contributed by atoms with Gasteiger partial charge in [0, 0.05) is 22.8 Å². The fraction of sp³-hybridized carbons (Fsp3) is 0.333. The minimum atomic E-state index is 0.574. The molecule has 106 valence electrons. The van der Waals surface area contributed by atoms with Crippen LogP contribution in [-0.4, -0.2) is 16.5 Å². The quantitative estimate of drug-likeness (QED) is 0.852. The zero-order chi connectivity index (χ0) is 14.5. The highest BCUT2D eigenvalue weighted by atomic mass is 79.9. The van der Waals surface area contributed by atoms with E-state index in [1.807, 2.05) is 37.3 Å². The Morgan fingerprint density at radius 1 is 1.20 bits per heavy atom. The molecule has 0 aliphatic carbocycles. The van der Waals surface area contributed by atoms with E-state index in [0.29, 0.717) is 11.9 Å². The molecule has 0 amide bonds. The summed E-state index contributed by atoms with van der Waals surface area (Å²) in [7, 11) is 0. The molecule has 2 aromatic rings. The van der Waals surface area contributed by atoms with Gasteiger partial charge in [-0.1, -0.05) is 26.0 Å². The number of hydrogen-bond donors (Lipinski definition) is 2. The minimum Gasteiger partial charge on any atom is -0.370 e. The number of aryl methyl sites for hydroxylation is 1. The first-order chi connectivity index (χ1) is 9.54. The van der Waals surface area contributed by atoms with Gasteiger partial charge in [-0.2, -0.15) is 4.98 Å². The molecule has 0 saturated heterocycles. The summed E-state index contributed by atoms with van der Waals surface area (Å²) in [6, 6.07) is 9.86. The fourth-order valence-corrected chi connectivity index (χ4v) is 2.09. The van der Waals surface area contributed by atoms with E-state index < -0.39 is 0 Å². The first kappa shape index (κ1) is 14.8. The van der Waals surface area contributed by atoms with Crippen molar-refractivity contribution in [2.75, 3.05) is 17.2 Å². The SMILES string of the molecule is Cc1cc(NCC(C)C)nc(Nc2ccccc2Br)n1. The van der Waals surface area contributed by atoms with Crippen LogP contribution < -0.4 is 10.6 Å². The third-order valence-corrected chi connectivity index (χ3v) is 3.36. The number of anilines is 3. The molecule has 0 saturated carbocycles. The highest BCUT2D eigenvalue weighted by Crippen LogP contribution is 2.24. The van der Waals surface area contributed by atoms with E-state index in [1.54, 1.807) is 0 Å². The first-order valence-electron chi connectivity index (χ1n) is 6.65. The Hall–Kier alpha value is -1.62. The van der Waals surface area contributed by atoms with Gasteiger partial charge in [-0.15, -0.1) is 0 Å². The van der Waals surface area contributed by atoms with Gasteiger partial charge in [0.15, 0.2) is 0 Å². The molecule has 0 aliphatic heterocycles. The molecule has 0 atom stereocenters. The molecule has 0 fully saturated rings. The summed E-state index contributed by atoms with van der Waals surface area (Å²) in [5.74, 6) is 2.02. The number of nitrogens with one attached hydrogen (secondary N) is 2. The Kier molecular flexibility index (Phi) is 4.95. The van der Waals surface area contributed by atoms with Crippen LogP contribution in [0.4, 0.5) is 17.5 Å². The number of aromatic nitrogens is 2. The van der Waals surface area contributed by atoms with Crippen molar-refractivity contribution < 1.29 is 0 Å². The molecule has 1 aromatic carbocycles. The van der Waals surface area contributed by atoms with Crippen LogP contribution in [0.1, 0.15) is 19.5 Å². The average Bonchev–Trinajstić information content (AvgIpc) is 2.38. The van der Waals surface area contributed by atoms with Crippen molar-refractivity contribution in [1.82, 2.24) is 9.97 Å². The smallest absolute Gasteiger partial charge is 0.229 e. The summed E-state index contributed by atoms with van der Waals surface area (Å²) in [5.41, 5.74) is 1.88. The van der Waals surface area contributed by atoms with E-state index in [1.165, 1.54) is 0 Å². The van der Waals surface area contributed by atoms with Crippen LogP contribution in [-0.2, 0) is 0 Å². The van der Waals surface area contributed by atoms with Gasteiger partial charge in [0.25, 0.3) is 0 Å². The minimum absolute atomic E-state index is 0.574. The molecule has 1 aromatic heterocycles. The maximum absolute atomic E-state index is 4.49. The Balaban J connectivity index is 2.17. The molecule has 0 unspecified atom stereocenters. The molecule has 4 nitrogen and oxygen atoms in total. The first-order valence-corrected chi connectivity index (χ1v) is 7.45. The van der Waals surface area contributed by atoms with Crippen molar-refractivity contribution in [1.29, 1.82) is 0 Å². The van der Waals surface area contributed by atoms with Gasteiger partial charge in [-0.25, -0.2) is 4.98 Å². The van der Waals surface area contributed by atoms with Crippen molar-refractivity contribution in [3.8, 4) is 0 Å². The summed E-state index contributed by atoms with van der Waals surface area (Å²) in [5, 5.41) is 6.55. The highest BCUT2D eigenvalue weighted by Gasteiger charge is 2.05. The summed E-state index contributed by atoms with van der Waals surface area (Å²) in [6.45, 7) is 7.20. The predicted octanol–water partition coefficient (Wildman–Crippen LogP) is 4.36. The second kappa shape index (κ2) is 6.70. The molecule has 0 aliphatic rings. The number of nitrogens with zero attached hydrogens (tertiary/aromatic N) is 2. The summed E-state index contributed by atoms with van der Waals surface area (Å²) in [6.07, 6.45) is 0. The van der Waals surface area contributed by atoms with Crippen molar-refractivity contribution >= 4 is 33.4 Å². The molecule has 0 bridgehead atoms. The van der Waals surface area contributed by atoms with Gasteiger partial charge in [0.2, 0.25) is 5.95 Å². The fourth-order valence-electron chi connectivity index (χ4n) is 1.71. The maximum Gasteiger partial charge on any atom is 0.229 e. The van der Waals surface area contributed by atoms with Crippen LogP contribution >= 0.6 is 15.9 Å². The number of para-hydroxylation sites is 1. The van der Waals surface area contributed by atoms with E-state index in [-0.39, 0.29) is 0 Å². The van der Waals surface area contributed by atoms with E-state index >= 15 is 0 Å². The van der Waals surface area contributed by atoms with Crippen LogP contribution in [0.25, 0.3) is 0 Å². The lowest BCUT2D eigenvalue weighted by atomic mass is 10.2. The monoisotopic (exact) mass is 334 g/mol. The Bertz CT molecular complexity index is 584.